The minimum absolute atomic E-state index is 0.0868. The van der Waals surface area contributed by atoms with Crippen molar-refractivity contribution in [3.63, 3.8) is 0 Å². The summed E-state index contributed by atoms with van der Waals surface area (Å²) in [7, 11) is 1.59. The van der Waals surface area contributed by atoms with Crippen molar-refractivity contribution in [1.82, 2.24) is 20.6 Å². The molecule has 0 atom stereocenters. The van der Waals surface area contributed by atoms with Crippen molar-refractivity contribution in [3.8, 4) is 11.5 Å². The number of hydrogen-bond acceptors (Lipinski definition) is 7. The number of nitrogens with zero attached hydrogens (tertiary/aromatic N) is 3. The van der Waals surface area contributed by atoms with Crippen LogP contribution in [0.25, 0.3) is 10.1 Å². The highest BCUT2D eigenvalue weighted by Gasteiger charge is 2.24. The molecular weight excluding hydrogens is 318 g/mol. The molecule has 8 nitrogen and oxygen atoms in total. The van der Waals surface area contributed by atoms with E-state index >= 15 is 0 Å². The number of tetrazole rings is 1. The van der Waals surface area contributed by atoms with Gasteiger partial charge in [-0.2, -0.15) is 0 Å². The minimum Gasteiger partial charge on any atom is -0.496 e. The third kappa shape index (κ3) is 2.95. The molecule has 0 radical (unpaired) electrons. The van der Waals surface area contributed by atoms with Gasteiger partial charge in [0.15, 0.2) is 5.75 Å². The van der Waals surface area contributed by atoms with Gasteiger partial charge in [0, 0.05) is 4.70 Å². The molecule has 3 aromatic rings. The Bertz CT molecular complexity index is 828. The predicted octanol–water partition coefficient (Wildman–Crippen LogP) is 2.46. The zero-order chi connectivity index (χ0) is 16.4. The van der Waals surface area contributed by atoms with Crippen molar-refractivity contribution < 1.29 is 14.3 Å². The number of H-pyrrole nitrogens is 1. The summed E-state index contributed by atoms with van der Waals surface area (Å²) in [4.78, 5) is 13.0. The molecule has 2 heterocycles. The fourth-order valence-corrected chi connectivity index (χ4v) is 3.18. The summed E-state index contributed by atoms with van der Waals surface area (Å²) >= 11 is 1.33. The van der Waals surface area contributed by atoms with E-state index in [1.54, 1.807) is 7.11 Å². The van der Waals surface area contributed by atoms with Gasteiger partial charge in [0.05, 0.1) is 18.6 Å². The molecule has 0 saturated heterocycles. The maximum Gasteiger partial charge on any atom is 0.271 e. The lowest BCUT2D eigenvalue weighted by Gasteiger charge is -2.12. The van der Waals surface area contributed by atoms with E-state index < -0.39 is 0 Å². The zero-order valence-electron chi connectivity index (χ0n) is 12.8. The number of carbonyl (C=O) groups is 1. The highest BCUT2D eigenvalue weighted by molar-refractivity contribution is 7.21. The molecule has 9 heteroatoms. The van der Waals surface area contributed by atoms with Crippen LogP contribution in [0, 0.1) is 0 Å². The van der Waals surface area contributed by atoms with E-state index in [2.05, 4.69) is 25.9 Å². The number of methoxy groups -OCH3 is 1. The van der Waals surface area contributed by atoms with Crippen molar-refractivity contribution in [2.24, 2.45) is 0 Å². The maximum absolute atomic E-state index is 12.5. The lowest BCUT2D eigenvalue weighted by Crippen LogP contribution is -2.14. The first-order valence-electron chi connectivity index (χ1n) is 6.91. The molecule has 0 bridgehead atoms. The van der Waals surface area contributed by atoms with Gasteiger partial charge >= 0.3 is 0 Å². The summed E-state index contributed by atoms with van der Waals surface area (Å²) in [5.41, 5.74) is 0. The summed E-state index contributed by atoms with van der Waals surface area (Å²) in [5.74, 6) is 0.995. The molecule has 120 valence electrons. The highest BCUT2D eigenvalue weighted by atomic mass is 32.1. The van der Waals surface area contributed by atoms with Gasteiger partial charge in [-0.05, 0) is 36.4 Å². The Hall–Kier alpha value is -2.68. The van der Waals surface area contributed by atoms with Gasteiger partial charge < -0.3 is 9.47 Å². The summed E-state index contributed by atoms with van der Waals surface area (Å²) in [6.07, 6.45) is -0.0868. The Morgan fingerprint density at radius 1 is 1.39 bits per heavy atom. The van der Waals surface area contributed by atoms with E-state index in [4.69, 9.17) is 9.47 Å². The number of anilines is 1. The number of ether oxygens (including phenoxy) is 2. The van der Waals surface area contributed by atoms with Crippen LogP contribution >= 0.6 is 11.3 Å². The van der Waals surface area contributed by atoms with Crippen molar-refractivity contribution in [1.29, 1.82) is 0 Å². The third-order valence-electron chi connectivity index (χ3n) is 2.99. The molecule has 0 saturated carbocycles. The van der Waals surface area contributed by atoms with Gasteiger partial charge in [-0.1, -0.05) is 11.2 Å². The maximum atomic E-state index is 12.5. The number of amides is 1. The highest BCUT2D eigenvalue weighted by Crippen LogP contribution is 2.43. The van der Waals surface area contributed by atoms with Gasteiger partial charge in [-0.25, -0.2) is 5.10 Å². The largest absolute Gasteiger partial charge is 0.496 e. The Morgan fingerprint density at radius 2 is 2.22 bits per heavy atom. The van der Waals surface area contributed by atoms with Crippen LogP contribution in [0.15, 0.2) is 18.2 Å². The first-order chi connectivity index (χ1) is 11.1. The fraction of sp³-hybridized carbons (Fsp3) is 0.286. The standard InChI is InChI=1S/C14H15N5O3S/c1-7(2)22-11-10-8(21-3)5-4-6-9(10)23-12(11)13(20)15-14-16-18-19-17-14/h4-7H,1-3H3,(H2,15,16,17,18,19,20). The second kappa shape index (κ2) is 6.21. The Balaban J connectivity index is 2.09. The molecule has 1 amide bonds. The Labute approximate surface area is 135 Å². The summed E-state index contributed by atoms with van der Waals surface area (Å²) in [6.45, 7) is 3.81. The van der Waals surface area contributed by atoms with Crippen LogP contribution in [-0.2, 0) is 0 Å². The number of thiophene rings is 1. The number of benzene rings is 1. The van der Waals surface area contributed by atoms with Crippen LogP contribution < -0.4 is 14.8 Å². The number of aromatic nitrogens is 4. The molecule has 0 aliphatic heterocycles. The van der Waals surface area contributed by atoms with Gasteiger partial charge in [0.1, 0.15) is 10.6 Å². The van der Waals surface area contributed by atoms with E-state index in [9.17, 15) is 4.79 Å². The second-order valence-electron chi connectivity index (χ2n) is 4.96. The lowest BCUT2D eigenvalue weighted by molar-refractivity contribution is 0.102. The molecule has 0 fully saturated rings. The molecule has 0 aliphatic carbocycles. The van der Waals surface area contributed by atoms with Crippen molar-refractivity contribution in [2.75, 3.05) is 12.4 Å². The third-order valence-corrected chi connectivity index (χ3v) is 4.13. The number of carbonyl (C=O) groups excluding carboxylic acids is 1. The van der Waals surface area contributed by atoms with Crippen molar-refractivity contribution in [2.45, 2.75) is 20.0 Å². The van der Waals surface area contributed by atoms with E-state index in [-0.39, 0.29) is 18.0 Å². The molecule has 2 N–H and O–H groups in total. The molecule has 2 aromatic heterocycles. The second-order valence-corrected chi connectivity index (χ2v) is 6.02. The molecule has 23 heavy (non-hydrogen) atoms. The van der Waals surface area contributed by atoms with Crippen molar-refractivity contribution >= 4 is 33.3 Å². The first-order valence-corrected chi connectivity index (χ1v) is 7.73. The number of nitrogens with one attached hydrogen (secondary N) is 2. The van der Waals surface area contributed by atoms with Crippen LogP contribution in [-0.4, -0.2) is 39.7 Å². The molecule has 0 aliphatic rings. The SMILES string of the molecule is COc1cccc2sc(C(=O)Nc3nnn[nH]3)c(OC(C)C)c12. The summed E-state index contributed by atoms with van der Waals surface area (Å²) in [5, 5.41) is 16.4. The number of fused-ring (bicyclic) bond motifs is 1. The average Bonchev–Trinajstić information content (AvgIpc) is 3.14. The van der Waals surface area contributed by atoms with Gasteiger partial charge in [0.25, 0.3) is 5.91 Å². The Kier molecular flexibility index (Phi) is 4.11. The number of rotatable bonds is 5. The van der Waals surface area contributed by atoms with Crippen LogP contribution in [0.3, 0.4) is 0 Å². The van der Waals surface area contributed by atoms with Crippen LogP contribution in [0.4, 0.5) is 5.95 Å². The van der Waals surface area contributed by atoms with Gasteiger partial charge in [0.2, 0.25) is 5.95 Å². The van der Waals surface area contributed by atoms with Crippen LogP contribution in [0.5, 0.6) is 11.5 Å². The minimum atomic E-state index is -0.345. The topological polar surface area (TPSA) is 102 Å². The summed E-state index contributed by atoms with van der Waals surface area (Å²) in [6, 6.07) is 5.63. The van der Waals surface area contributed by atoms with E-state index in [0.29, 0.717) is 16.4 Å². The molecule has 1 aromatic carbocycles. The van der Waals surface area contributed by atoms with E-state index in [1.807, 2.05) is 32.0 Å². The smallest absolute Gasteiger partial charge is 0.271 e. The normalized spacial score (nSPS) is 11.0. The summed E-state index contributed by atoms with van der Waals surface area (Å²) < 4.78 is 12.2. The molecule has 0 unspecified atom stereocenters. The number of hydrogen-bond donors (Lipinski definition) is 2. The van der Waals surface area contributed by atoms with E-state index in [0.717, 1.165) is 10.1 Å². The molecule has 3 rings (SSSR count). The lowest BCUT2D eigenvalue weighted by atomic mass is 10.2. The average molecular weight is 333 g/mol. The Morgan fingerprint density at radius 3 is 2.87 bits per heavy atom. The van der Waals surface area contributed by atoms with Crippen LogP contribution in [0.2, 0.25) is 0 Å². The van der Waals surface area contributed by atoms with Gasteiger partial charge in [-0.3, -0.25) is 10.1 Å². The predicted molar refractivity (Wildman–Crippen MR) is 86.3 cm³/mol. The van der Waals surface area contributed by atoms with Gasteiger partial charge in [-0.15, -0.1) is 11.3 Å². The van der Waals surface area contributed by atoms with E-state index in [1.165, 1.54) is 11.3 Å². The first kappa shape index (κ1) is 15.2. The fourth-order valence-electron chi connectivity index (χ4n) is 2.13. The zero-order valence-corrected chi connectivity index (χ0v) is 13.6. The quantitative estimate of drug-likeness (QED) is 0.743. The van der Waals surface area contributed by atoms with Crippen LogP contribution in [0.1, 0.15) is 23.5 Å². The monoisotopic (exact) mass is 333 g/mol. The van der Waals surface area contributed by atoms with Crippen molar-refractivity contribution in [3.05, 3.63) is 23.1 Å². The molecule has 0 spiro atoms. The number of aromatic amines is 1. The molecular formula is C14H15N5O3S.